The van der Waals surface area contributed by atoms with Crippen molar-refractivity contribution in [3.8, 4) is 0 Å². The summed E-state index contributed by atoms with van der Waals surface area (Å²) in [6.45, 7) is 0. The van der Waals surface area contributed by atoms with Crippen molar-refractivity contribution in [3.05, 3.63) is 24.3 Å². The van der Waals surface area contributed by atoms with Crippen LogP contribution in [0.3, 0.4) is 0 Å². The van der Waals surface area contributed by atoms with Crippen LogP contribution in [0.1, 0.15) is 19.3 Å². The predicted octanol–water partition coefficient (Wildman–Crippen LogP) is 1.62. The number of nitrogens with one attached hydrogen (secondary N) is 1. The molecule has 0 aromatic carbocycles. The standard InChI is InChI=1S/C9H13N/c1-2-5-9-7-3-6-8(4-1)10-9/h1-3,6,8-10H,4-5,7H2/t8-,9-/m1/s1. The van der Waals surface area contributed by atoms with E-state index >= 15 is 0 Å². The Morgan fingerprint density at radius 2 is 1.80 bits per heavy atom. The van der Waals surface area contributed by atoms with Gasteiger partial charge in [-0.05, 0) is 19.3 Å². The van der Waals surface area contributed by atoms with E-state index in [1.165, 1.54) is 19.3 Å². The third-order valence-corrected chi connectivity index (χ3v) is 2.22. The smallest absolute Gasteiger partial charge is 0.0287 e. The fourth-order valence-electron chi connectivity index (χ4n) is 1.65. The van der Waals surface area contributed by atoms with Gasteiger partial charge in [-0.2, -0.15) is 0 Å². The zero-order valence-corrected chi connectivity index (χ0v) is 6.09. The van der Waals surface area contributed by atoms with Gasteiger partial charge in [-0.1, -0.05) is 24.3 Å². The van der Waals surface area contributed by atoms with Crippen LogP contribution in [-0.4, -0.2) is 12.1 Å². The molecule has 1 N–H and O–H groups in total. The lowest BCUT2D eigenvalue weighted by Gasteiger charge is -2.23. The quantitative estimate of drug-likeness (QED) is 0.498. The summed E-state index contributed by atoms with van der Waals surface area (Å²) in [5, 5.41) is 3.57. The van der Waals surface area contributed by atoms with Crippen LogP contribution in [0, 0.1) is 0 Å². The van der Waals surface area contributed by atoms with Crippen LogP contribution < -0.4 is 5.32 Å². The molecule has 2 aliphatic heterocycles. The van der Waals surface area contributed by atoms with Gasteiger partial charge in [0.05, 0.1) is 0 Å². The molecule has 0 aromatic heterocycles. The van der Waals surface area contributed by atoms with Gasteiger partial charge < -0.3 is 5.32 Å². The van der Waals surface area contributed by atoms with E-state index < -0.39 is 0 Å². The minimum absolute atomic E-state index is 0.623. The molecule has 2 heterocycles. The minimum atomic E-state index is 0.623. The van der Waals surface area contributed by atoms with Crippen LogP contribution in [0.5, 0.6) is 0 Å². The summed E-state index contributed by atoms with van der Waals surface area (Å²) >= 11 is 0. The molecule has 2 rings (SSSR count). The molecule has 0 unspecified atom stereocenters. The van der Waals surface area contributed by atoms with Crippen molar-refractivity contribution in [1.29, 1.82) is 0 Å². The van der Waals surface area contributed by atoms with Crippen LogP contribution in [0.25, 0.3) is 0 Å². The van der Waals surface area contributed by atoms with E-state index in [-0.39, 0.29) is 0 Å². The van der Waals surface area contributed by atoms with E-state index in [2.05, 4.69) is 29.6 Å². The summed E-state index contributed by atoms with van der Waals surface area (Å²) in [6, 6.07) is 1.34. The average Bonchev–Trinajstić information content (AvgIpc) is 2.12. The minimum Gasteiger partial charge on any atom is -0.307 e. The van der Waals surface area contributed by atoms with Gasteiger partial charge in [0.25, 0.3) is 0 Å². The van der Waals surface area contributed by atoms with Crippen molar-refractivity contribution in [2.24, 2.45) is 0 Å². The van der Waals surface area contributed by atoms with Crippen molar-refractivity contribution in [3.63, 3.8) is 0 Å². The van der Waals surface area contributed by atoms with E-state index in [1.807, 2.05) is 0 Å². The highest BCUT2D eigenvalue weighted by Crippen LogP contribution is 2.14. The Morgan fingerprint density at radius 3 is 2.80 bits per heavy atom. The van der Waals surface area contributed by atoms with Gasteiger partial charge in [0.15, 0.2) is 0 Å². The highest BCUT2D eigenvalue weighted by atomic mass is 15.0. The second-order valence-electron chi connectivity index (χ2n) is 3.08. The maximum atomic E-state index is 3.57. The second-order valence-corrected chi connectivity index (χ2v) is 3.08. The molecule has 1 nitrogen and oxygen atoms in total. The summed E-state index contributed by atoms with van der Waals surface area (Å²) in [6.07, 6.45) is 12.8. The molecular weight excluding hydrogens is 122 g/mol. The van der Waals surface area contributed by atoms with Gasteiger partial charge in [0.1, 0.15) is 0 Å². The second kappa shape index (κ2) is 2.59. The molecule has 0 fully saturated rings. The Hall–Kier alpha value is -0.560. The molecule has 10 heavy (non-hydrogen) atoms. The third kappa shape index (κ3) is 1.14. The lowest BCUT2D eigenvalue weighted by Crippen LogP contribution is -2.37. The third-order valence-electron chi connectivity index (χ3n) is 2.22. The van der Waals surface area contributed by atoms with Crippen molar-refractivity contribution in [2.75, 3.05) is 0 Å². The lowest BCUT2D eigenvalue weighted by molar-refractivity contribution is 0.466. The first-order valence-electron chi connectivity index (χ1n) is 4.03. The maximum absolute atomic E-state index is 3.57. The molecule has 0 radical (unpaired) electrons. The van der Waals surface area contributed by atoms with Crippen molar-refractivity contribution in [2.45, 2.75) is 31.3 Å². The largest absolute Gasteiger partial charge is 0.307 e. The molecule has 1 heteroatoms. The Morgan fingerprint density at radius 1 is 1.00 bits per heavy atom. The normalized spacial score (nSPS) is 37.6. The van der Waals surface area contributed by atoms with E-state index in [1.54, 1.807) is 0 Å². The van der Waals surface area contributed by atoms with Crippen molar-refractivity contribution in [1.82, 2.24) is 5.32 Å². The van der Waals surface area contributed by atoms with E-state index in [9.17, 15) is 0 Å². The zero-order valence-electron chi connectivity index (χ0n) is 6.09. The number of fused-ring (bicyclic) bond motifs is 2. The average molecular weight is 135 g/mol. The Labute approximate surface area is 61.8 Å². The Bertz CT molecular complexity index is 170. The van der Waals surface area contributed by atoms with Crippen LogP contribution in [0.15, 0.2) is 24.3 Å². The lowest BCUT2D eigenvalue weighted by atomic mass is 10.0. The maximum Gasteiger partial charge on any atom is 0.0287 e. The van der Waals surface area contributed by atoms with Gasteiger partial charge in [-0.25, -0.2) is 0 Å². The van der Waals surface area contributed by atoms with Crippen LogP contribution in [0.4, 0.5) is 0 Å². The molecule has 2 bridgehead atoms. The zero-order chi connectivity index (χ0) is 6.81. The predicted molar refractivity (Wildman–Crippen MR) is 42.8 cm³/mol. The molecule has 0 aromatic rings. The van der Waals surface area contributed by atoms with E-state index in [0.717, 1.165) is 0 Å². The van der Waals surface area contributed by atoms with Gasteiger partial charge in [0.2, 0.25) is 0 Å². The molecule has 0 spiro atoms. The van der Waals surface area contributed by atoms with E-state index in [4.69, 9.17) is 0 Å². The molecule has 0 saturated carbocycles. The molecular formula is C9H13N. The molecule has 0 amide bonds. The first-order chi connectivity index (χ1) is 4.95. The van der Waals surface area contributed by atoms with Gasteiger partial charge in [-0.15, -0.1) is 0 Å². The van der Waals surface area contributed by atoms with Crippen LogP contribution in [0.2, 0.25) is 0 Å². The first kappa shape index (κ1) is 6.17. The van der Waals surface area contributed by atoms with Crippen molar-refractivity contribution < 1.29 is 0 Å². The highest BCUT2D eigenvalue weighted by Gasteiger charge is 2.16. The Balaban J connectivity index is 2.14. The SMILES string of the molecule is C1=CC[C@@H]2C=CC[C@@H](C1)N2. The first-order valence-corrected chi connectivity index (χ1v) is 4.03. The summed E-state index contributed by atoms with van der Waals surface area (Å²) in [7, 11) is 0. The van der Waals surface area contributed by atoms with Gasteiger partial charge in [-0.3, -0.25) is 0 Å². The molecule has 2 atom stereocenters. The summed E-state index contributed by atoms with van der Waals surface area (Å²) in [5.41, 5.74) is 0. The van der Waals surface area contributed by atoms with Crippen LogP contribution in [-0.2, 0) is 0 Å². The summed E-state index contributed by atoms with van der Waals surface area (Å²) in [5.74, 6) is 0. The number of rotatable bonds is 0. The summed E-state index contributed by atoms with van der Waals surface area (Å²) in [4.78, 5) is 0. The number of hydrogen-bond donors (Lipinski definition) is 1. The monoisotopic (exact) mass is 135 g/mol. The number of hydrogen-bond acceptors (Lipinski definition) is 1. The fourth-order valence-corrected chi connectivity index (χ4v) is 1.65. The molecule has 2 aliphatic rings. The van der Waals surface area contributed by atoms with Crippen molar-refractivity contribution >= 4 is 0 Å². The molecule has 54 valence electrons. The molecule has 0 saturated heterocycles. The fraction of sp³-hybridized carbons (Fsp3) is 0.556. The van der Waals surface area contributed by atoms with E-state index in [0.29, 0.717) is 12.1 Å². The van der Waals surface area contributed by atoms with Gasteiger partial charge in [0, 0.05) is 12.1 Å². The van der Waals surface area contributed by atoms with Gasteiger partial charge >= 0.3 is 0 Å². The Kier molecular flexibility index (Phi) is 1.60. The topological polar surface area (TPSA) is 12.0 Å². The summed E-state index contributed by atoms with van der Waals surface area (Å²) < 4.78 is 0. The molecule has 0 aliphatic carbocycles. The highest BCUT2D eigenvalue weighted by molar-refractivity contribution is 5.08. The van der Waals surface area contributed by atoms with Crippen LogP contribution >= 0.6 is 0 Å².